The first-order valence-electron chi connectivity index (χ1n) is 4.94. The van der Waals surface area contributed by atoms with Gasteiger partial charge in [0.15, 0.2) is 0 Å². The molecule has 0 aliphatic carbocycles. The molecule has 0 atom stereocenters. The lowest BCUT2D eigenvalue weighted by molar-refractivity contribution is 0.559. The first-order valence-corrected chi connectivity index (χ1v) is 4.94. The van der Waals surface area contributed by atoms with Gasteiger partial charge >= 0.3 is 0 Å². The maximum absolute atomic E-state index is 4.19. The van der Waals surface area contributed by atoms with Crippen LogP contribution < -0.4 is 5.32 Å². The normalized spacial score (nSPS) is 16.4. The van der Waals surface area contributed by atoms with E-state index in [4.69, 9.17) is 0 Å². The van der Waals surface area contributed by atoms with Crippen LogP contribution in [-0.2, 0) is 5.54 Å². The lowest BCUT2D eigenvalue weighted by Gasteiger charge is -2.34. The van der Waals surface area contributed by atoms with Gasteiger partial charge in [-0.1, -0.05) is 0 Å². The van der Waals surface area contributed by atoms with E-state index in [9.17, 15) is 0 Å². The molecule has 0 saturated heterocycles. The second-order valence-corrected chi connectivity index (χ2v) is 4.29. The van der Waals surface area contributed by atoms with E-state index in [1.54, 1.807) is 6.20 Å². The van der Waals surface area contributed by atoms with Crippen molar-refractivity contribution >= 4 is 5.69 Å². The first-order chi connectivity index (χ1) is 7.18. The molecule has 0 unspecified atom stereocenters. The van der Waals surface area contributed by atoms with Crippen LogP contribution in [0.25, 0.3) is 5.69 Å². The first kappa shape index (κ1) is 8.47. The molecule has 1 aliphatic heterocycles. The topological polar surface area (TPSA) is 42.7 Å². The molecular formula is C11H12N4. The Morgan fingerprint density at radius 1 is 1.27 bits per heavy atom. The third-order valence-corrected chi connectivity index (χ3v) is 2.79. The molecule has 3 heterocycles. The highest BCUT2D eigenvalue weighted by atomic mass is 15.2. The fourth-order valence-corrected chi connectivity index (χ4v) is 2.03. The molecule has 1 N–H and O–H groups in total. The number of rotatable bonds is 0. The SMILES string of the molecule is CC1(C)Nc2ccncc2-n2cncc21. The summed E-state index contributed by atoms with van der Waals surface area (Å²) in [7, 11) is 0. The number of imidazole rings is 1. The van der Waals surface area contributed by atoms with Crippen LogP contribution in [0.3, 0.4) is 0 Å². The predicted molar refractivity (Wildman–Crippen MR) is 58.0 cm³/mol. The molecule has 0 radical (unpaired) electrons. The lowest BCUT2D eigenvalue weighted by Crippen LogP contribution is -2.34. The number of aromatic nitrogens is 3. The van der Waals surface area contributed by atoms with Gasteiger partial charge in [-0.2, -0.15) is 0 Å². The Bertz CT molecular complexity index is 513. The summed E-state index contributed by atoms with van der Waals surface area (Å²) < 4.78 is 2.08. The van der Waals surface area contributed by atoms with Crippen LogP contribution >= 0.6 is 0 Å². The fraction of sp³-hybridized carbons (Fsp3) is 0.273. The zero-order chi connectivity index (χ0) is 10.5. The Morgan fingerprint density at radius 3 is 3.00 bits per heavy atom. The molecule has 4 heteroatoms. The van der Waals surface area contributed by atoms with Crippen molar-refractivity contribution in [1.29, 1.82) is 0 Å². The van der Waals surface area contributed by atoms with E-state index < -0.39 is 0 Å². The van der Waals surface area contributed by atoms with Gasteiger partial charge in [-0.25, -0.2) is 4.98 Å². The van der Waals surface area contributed by atoms with Crippen molar-refractivity contribution in [2.75, 3.05) is 5.32 Å². The number of pyridine rings is 1. The van der Waals surface area contributed by atoms with Gasteiger partial charge in [0.25, 0.3) is 0 Å². The third-order valence-electron chi connectivity index (χ3n) is 2.79. The van der Waals surface area contributed by atoms with Gasteiger partial charge in [0.1, 0.15) is 0 Å². The van der Waals surface area contributed by atoms with Crippen molar-refractivity contribution < 1.29 is 0 Å². The summed E-state index contributed by atoms with van der Waals surface area (Å²) in [6.07, 6.45) is 7.37. The predicted octanol–water partition coefficient (Wildman–Crippen LogP) is 1.93. The highest BCUT2D eigenvalue weighted by Gasteiger charge is 2.30. The summed E-state index contributed by atoms with van der Waals surface area (Å²) in [6.45, 7) is 4.29. The average Bonchev–Trinajstić information content (AvgIpc) is 2.66. The van der Waals surface area contributed by atoms with E-state index in [1.165, 1.54) is 0 Å². The summed E-state index contributed by atoms with van der Waals surface area (Å²) in [5, 5.41) is 3.48. The monoisotopic (exact) mass is 200 g/mol. The van der Waals surface area contributed by atoms with Gasteiger partial charge in [0.05, 0.1) is 41.3 Å². The number of hydrogen-bond donors (Lipinski definition) is 1. The molecule has 1 aliphatic rings. The van der Waals surface area contributed by atoms with Crippen LogP contribution in [-0.4, -0.2) is 14.5 Å². The Hall–Kier alpha value is -1.84. The minimum Gasteiger partial charge on any atom is -0.373 e. The number of fused-ring (bicyclic) bond motifs is 3. The van der Waals surface area contributed by atoms with E-state index in [0.717, 1.165) is 17.1 Å². The minimum absolute atomic E-state index is 0.0924. The van der Waals surface area contributed by atoms with Gasteiger partial charge < -0.3 is 5.32 Å². The molecule has 0 fully saturated rings. The number of nitrogens with zero attached hydrogens (tertiary/aromatic N) is 3. The number of hydrogen-bond acceptors (Lipinski definition) is 3. The quantitative estimate of drug-likeness (QED) is 0.706. The Morgan fingerprint density at radius 2 is 2.13 bits per heavy atom. The number of nitrogens with one attached hydrogen (secondary N) is 1. The zero-order valence-electron chi connectivity index (χ0n) is 8.73. The Kier molecular flexibility index (Phi) is 1.46. The molecule has 76 valence electrons. The lowest BCUT2D eigenvalue weighted by atomic mass is 9.98. The molecule has 0 spiro atoms. The maximum Gasteiger partial charge on any atom is 0.0996 e. The van der Waals surface area contributed by atoms with Crippen LogP contribution in [0.5, 0.6) is 0 Å². The second-order valence-electron chi connectivity index (χ2n) is 4.29. The summed E-state index contributed by atoms with van der Waals surface area (Å²) in [4.78, 5) is 8.33. The van der Waals surface area contributed by atoms with Crippen LogP contribution in [0.1, 0.15) is 19.5 Å². The third kappa shape index (κ3) is 1.08. The Balaban J connectivity index is 2.32. The molecule has 0 saturated carbocycles. The molecule has 15 heavy (non-hydrogen) atoms. The molecule has 2 aromatic heterocycles. The second kappa shape index (κ2) is 2.59. The average molecular weight is 200 g/mol. The van der Waals surface area contributed by atoms with E-state index >= 15 is 0 Å². The fourth-order valence-electron chi connectivity index (χ4n) is 2.03. The van der Waals surface area contributed by atoms with Crippen LogP contribution in [0, 0.1) is 0 Å². The smallest absolute Gasteiger partial charge is 0.0996 e. The Labute approximate surface area is 88.0 Å². The van der Waals surface area contributed by atoms with E-state index in [0.29, 0.717) is 0 Å². The van der Waals surface area contributed by atoms with Gasteiger partial charge in [-0.15, -0.1) is 0 Å². The molecule has 0 amide bonds. The highest BCUT2D eigenvalue weighted by molar-refractivity contribution is 5.64. The molecule has 0 bridgehead atoms. The maximum atomic E-state index is 4.19. The van der Waals surface area contributed by atoms with Crippen molar-refractivity contribution in [2.24, 2.45) is 0 Å². The summed E-state index contributed by atoms with van der Waals surface area (Å²) in [6, 6.07) is 1.99. The summed E-state index contributed by atoms with van der Waals surface area (Å²) in [5.41, 5.74) is 3.22. The minimum atomic E-state index is -0.0924. The van der Waals surface area contributed by atoms with Crippen molar-refractivity contribution in [3.8, 4) is 5.69 Å². The van der Waals surface area contributed by atoms with E-state index in [-0.39, 0.29) is 5.54 Å². The molecule has 2 aromatic rings. The molecule has 3 rings (SSSR count). The van der Waals surface area contributed by atoms with E-state index in [2.05, 4.69) is 33.7 Å². The van der Waals surface area contributed by atoms with E-state index in [1.807, 2.05) is 24.8 Å². The molecule has 4 nitrogen and oxygen atoms in total. The zero-order valence-corrected chi connectivity index (χ0v) is 8.73. The summed E-state index contributed by atoms with van der Waals surface area (Å²) in [5.74, 6) is 0. The van der Waals surface area contributed by atoms with Crippen molar-refractivity contribution in [3.05, 3.63) is 36.7 Å². The standard InChI is InChI=1S/C11H12N4/c1-11(2)10-6-13-7-15(10)9-5-12-4-3-8(9)14-11/h3-7,14H,1-2H3. The highest BCUT2D eigenvalue weighted by Crippen LogP contribution is 2.35. The van der Waals surface area contributed by atoms with Gasteiger partial charge in [-0.05, 0) is 19.9 Å². The van der Waals surface area contributed by atoms with Crippen LogP contribution in [0.4, 0.5) is 5.69 Å². The molecule has 0 aromatic carbocycles. The van der Waals surface area contributed by atoms with Gasteiger partial charge in [-0.3, -0.25) is 9.55 Å². The number of anilines is 1. The van der Waals surface area contributed by atoms with Crippen molar-refractivity contribution in [3.63, 3.8) is 0 Å². The van der Waals surface area contributed by atoms with Gasteiger partial charge in [0.2, 0.25) is 0 Å². The van der Waals surface area contributed by atoms with Crippen molar-refractivity contribution in [2.45, 2.75) is 19.4 Å². The van der Waals surface area contributed by atoms with Crippen molar-refractivity contribution in [1.82, 2.24) is 14.5 Å². The molecular weight excluding hydrogens is 188 g/mol. The van der Waals surface area contributed by atoms with Gasteiger partial charge in [0, 0.05) is 6.20 Å². The van der Waals surface area contributed by atoms with Crippen LogP contribution in [0.15, 0.2) is 31.0 Å². The van der Waals surface area contributed by atoms with Crippen LogP contribution in [0.2, 0.25) is 0 Å². The largest absolute Gasteiger partial charge is 0.373 e. The summed E-state index contributed by atoms with van der Waals surface area (Å²) >= 11 is 0.